The van der Waals surface area contributed by atoms with Crippen LogP contribution in [0.15, 0.2) is 36.4 Å². The van der Waals surface area contributed by atoms with Crippen LogP contribution in [0.2, 0.25) is 0 Å². The molecule has 0 fully saturated rings. The fourth-order valence-electron chi connectivity index (χ4n) is 3.15. The molecule has 0 amide bonds. The van der Waals surface area contributed by atoms with Crippen molar-refractivity contribution < 1.29 is 26.3 Å². The molecule has 0 radical (unpaired) electrons. The summed E-state index contributed by atoms with van der Waals surface area (Å²) in [6.45, 7) is 3.29. The number of H-pyrrole nitrogens is 1. The number of ether oxygens (including phenoxy) is 1. The Morgan fingerprint density at radius 3 is 2.37 bits per heavy atom. The van der Waals surface area contributed by atoms with E-state index in [1.807, 2.05) is 0 Å². The first-order chi connectivity index (χ1) is 14.1. The molecule has 3 aromatic rings. The molecule has 158 valence electrons. The van der Waals surface area contributed by atoms with E-state index in [2.05, 4.69) is 20.5 Å². The predicted molar refractivity (Wildman–Crippen MR) is 108 cm³/mol. The molecule has 2 aromatic carbocycles. The lowest BCUT2D eigenvalue weighted by molar-refractivity contribution is -0.274. The number of hydrogen-bond donors (Lipinski definition) is 2. The Hall–Kier alpha value is -3.19. The monoisotopic (exact) mass is 437 g/mol. The van der Waals surface area contributed by atoms with E-state index in [0.29, 0.717) is 45.4 Å². The molecule has 1 heterocycles. The summed E-state index contributed by atoms with van der Waals surface area (Å²) < 4.78 is 67.8. The van der Waals surface area contributed by atoms with Gasteiger partial charge in [-0.1, -0.05) is 19.1 Å². The lowest BCUT2D eigenvalue weighted by Crippen LogP contribution is -2.17. The summed E-state index contributed by atoms with van der Waals surface area (Å²) in [5.41, 5.74) is 2.56. The van der Waals surface area contributed by atoms with Gasteiger partial charge in [0.1, 0.15) is 11.8 Å². The third-order valence-electron chi connectivity index (χ3n) is 4.51. The molecule has 2 N–H and O–H groups in total. The zero-order valence-electron chi connectivity index (χ0n) is 16.1. The van der Waals surface area contributed by atoms with Gasteiger partial charge >= 0.3 is 6.36 Å². The number of sulfonamides is 1. The van der Waals surface area contributed by atoms with Gasteiger partial charge in [-0.15, -0.1) is 13.2 Å². The second-order valence-corrected chi connectivity index (χ2v) is 8.49. The highest BCUT2D eigenvalue weighted by atomic mass is 32.2. The third-order valence-corrected chi connectivity index (χ3v) is 5.81. The van der Waals surface area contributed by atoms with Gasteiger partial charge in [-0.2, -0.15) is 5.26 Å². The molecule has 0 spiro atoms. The van der Waals surface area contributed by atoms with E-state index >= 15 is 0 Å². The summed E-state index contributed by atoms with van der Waals surface area (Å²) in [6.07, 6.45) is -4.43. The summed E-state index contributed by atoms with van der Waals surface area (Å²) in [5.74, 6) is -0.439. The number of aromatic nitrogens is 1. The summed E-state index contributed by atoms with van der Waals surface area (Å²) in [6, 6.07) is 10.9. The van der Waals surface area contributed by atoms with Crippen LogP contribution in [-0.4, -0.2) is 25.5 Å². The highest BCUT2D eigenvalue weighted by Crippen LogP contribution is 2.36. The van der Waals surface area contributed by atoms with Crippen LogP contribution < -0.4 is 9.46 Å². The molecule has 0 aliphatic heterocycles. The van der Waals surface area contributed by atoms with Gasteiger partial charge in [0, 0.05) is 17.1 Å². The second-order valence-electron chi connectivity index (χ2n) is 6.48. The molecule has 3 rings (SSSR count). The smallest absolute Gasteiger partial charge is 0.406 e. The Kier molecular flexibility index (Phi) is 5.67. The molecular weight excluding hydrogens is 419 g/mol. The average molecular weight is 437 g/mol. The van der Waals surface area contributed by atoms with Crippen LogP contribution in [0.1, 0.15) is 25.0 Å². The highest BCUT2D eigenvalue weighted by Gasteiger charge is 2.31. The molecule has 0 aliphatic rings. The van der Waals surface area contributed by atoms with E-state index in [4.69, 9.17) is 0 Å². The molecule has 0 saturated heterocycles. The van der Waals surface area contributed by atoms with Gasteiger partial charge in [-0.05, 0) is 42.7 Å². The second kappa shape index (κ2) is 7.91. The number of alkyl halides is 3. The Bertz CT molecular complexity index is 1220. The topological polar surface area (TPSA) is 95.0 Å². The van der Waals surface area contributed by atoms with E-state index < -0.39 is 16.4 Å². The maximum absolute atomic E-state index is 12.6. The lowest BCUT2D eigenvalue weighted by Gasteiger charge is -2.10. The van der Waals surface area contributed by atoms with Crippen LogP contribution in [-0.2, 0) is 16.4 Å². The maximum Gasteiger partial charge on any atom is 0.573 e. The number of halogens is 3. The van der Waals surface area contributed by atoms with Gasteiger partial charge in [-0.25, -0.2) is 8.42 Å². The van der Waals surface area contributed by atoms with Crippen molar-refractivity contribution in [2.45, 2.75) is 26.6 Å². The molecule has 0 aliphatic carbocycles. The molecule has 1 aromatic heterocycles. The van der Waals surface area contributed by atoms with Crippen molar-refractivity contribution in [3.05, 3.63) is 47.5 Å². The number of nitrogens with one attached hydrogen (secondary N) is 2. The average Bonchev–Trinajstić information content (AvgIpc) is 3.04. The van der Waals surface area contributed by atoms with E-state index in [1.54, 1.807) is 31.2 Å². The van der Waals surface area contributed by atoms with Crippen molar-refractivity contribution in [1.82, 2.24) is 4.98 Å². The zero-order valence-corrected chi connectivity index (χ0v) is 16.9. The first-order valence-electron chi connectivity index (χ1n) is 9.02. The zero-order chi connectivity index (χ0) is 22.1. The Morgan fingerprint density at radius 2 is 1.83 bits per heavy atom. The summed E-state index contributed by atoms with van der Waals surface area (Å²) >= 11 is 0. The van der Waals surface area contributed by atoms with Crippen molar-refractivity contribution in [2.75, 3.05) is 10.5 Å². The van der Waals surface area contributed by atoms with E-state index in [0.717, 1.165) is 0 Å². The van der Waals surface area contributed by atoms with Crippen LogP contribution in [0, 0.1) is 11.3 Å². The Balaban J connectivity index is 2.09. The number of aryl methyl sites for hydroxylation is 1. The standard InChI is InChI=1S/C20H18F3N3O3S/c1-3-12-9-15(29-20(21,22)23)10-17-18(12)16(11-24)19(25-17)13-5-7-14(8-6-13)26-30(27,28)4-2/h5-10,25-26H,3-4H2,1-2H3. The molecule has 0 saturated carbocycles. The predicted octanol–water partition coefficient (Wildman–Crippen LogP) is 4.93. The first kappa shape index (κ1) is 21.5. The number of aromatic amines is 1. The van der Waals surface area contributed by atoms with Gasteiger partial charge in [0.25, 0.3) is 0 Å². The van der Waals surface area contributed by atoms with Gasteiger partial charge in [-0.3, -0.25) is 4.72 Å². The van der Waals surface area contributed by atoms with Crippen LogP contribution in [0.5, 0.6) is 5.75 Å². The minimum absolute atomic E-state index is 0.0720. The first-order valence-corrected chi connectivity index (χ1v) is 10.7. The number of nitriles is 1. The van der Waals surface area contributed by atoms with E-state index in [1.165, 1.54) is 19.1 Å². The fourth-order valence-corrected chi connectivity index (χ4v) is 3.78. The Labute approximate surface area is 171 Å². The lowest BCUT2D eigenvalue weighted by atomic mass is 10.0. The van der Waals surface area contributed by atoms with Gasteiger partial charge in [0.15, 0.2) is 0 Å². The van der Waals surface area contributed by atoms with Crippen molar-refractivity contribution >= 4 is 26.6 Å². The van der Waals surface area contributed by atoms with Crippen molar-refractivity contribution in [1.29, 1.82) is 5.26 Å². The summed E-state index contributed by atoms with van der Waals surface area (Å²) in [4.78, 5) is 3.00. The van der Waals surface area contributed by atoms with Crippen molar-refractivity contribution in [2.24, 2.45) is 0 Å². The minimum atomic E-state index is -4.83. The normalized spacial score (nSPS) is 12.0. The number of anilines is 1. The van der Waals surface area contributed by atoms with Crippen LogP contribution in [0.25, 0.3) is 22.2 Å². The molecular formula is C20H18F3N3O3S. The number of hydrogen-bond acceptors (Lipinski definition) is 4. The number of nitrogens with zero attached hydrogens (tertiary/aromatic N) is 1. The number of rotatable bonds is 6. The highest BCUT2D eigenvalue weighted by molar-refractivity contribution is 7.92. The third kappa shape index (κ3) is 4.52. The van der Waals surface area contributed by atoms with Gasteiger partial charge < -0.3 is 9.72 Å². The summed E-state index contributed by atoms with van der Waals surface area (Å²) in [5, 5.41) is 10.2. The van der Waals surface area contributed by atoms with Crippen LogP contribution in [0.4, 0.5) is 18.9 Å². The quantitative estimate of drug-likeness (QED) is 0.572. The fraction of sp³-hybridized carbons (Fsp3) is 0.250. The van der Waals surface area contributed by atoms with Crippen LogP contribution >= 0.6 is 0 Å². The summed E-state index contributed by atoms with van der Waals surface area (Å²) in [7, 11) is -3.43. The van der Waals surface area contributed by atoms with Crippen molar-refractivity contribution in [3.63, 3.8) is 0 Å². The maximum atomic E-state index is 12.6. The molecule has 30 heavy (non-hydrogen) atoms. The number of benzene rings is 2. The van der Waals surface area contributed by atoms with E-state index in [9.17, 15) is 26.9 Å². The minimum Gasteiger partial charge on any atom is -0.406 e. The largest absolute Gasteiger partial charge is 0.573 e. The van der Waals surface area contributed by atoms with Gasteiger partial charge in [0.05, 0.1) is 22.5 Å². The SMILES string of the molecule is CCc1cc(OC(F)(F)F)cc2[nH]c(-c3ccc(NS(=O)(=O)CC)cc3)c(C#N)c12. The number of fused-ring (bicyclic) bond motifs is 1. The molecule has 0 atom stereocenters. The molecule has 0 bridgehead atoms. The van der Waals surface area contributed by atoms with Crippen LogP contribution in [0.3, 0.4) is 0 Å². The Morgan fingerprint density at radius 1 is 1.17 bits per heavy atom. The van der Waals surface area contributed by atoms with Gasteiger partial charge in [0.2, 0.25) is 10.0 Å². The molecule has 6 nitrogen and oxygen atoms in total. The molecule has 10 heteroatoms. The van der Waals surface area contributed by atoms with E-state index in [-0.39, 0.29) is 11.5 Å². The molecule has 0 unspecified atom stereocenters. The van der Waals surface area contributed by atoms with Crippen molar-refractivity contribution in [3.8, 4) is 23.1 Å².